The number of rotatable bonds is 4. The number of benzene rings is 1. The minimum absolute atomic E-state index is 0. The number of nitrogens with one attached hydrogen (secondary N) is 2. The molecule has 21 heavy (non-hydrogen) atoms. The molecule has 1 aromatic rings. The molecule has 0 saturated heterocycles. The molecule has 0 spiro atoms. The highest BCUT2D eigenvalue weighted by atomic mass is 127. The quantitative estimate of drug-likeness (QED) is 0.349. The second kappa shape index (κ2) is 8.66. The van der Waals surface area contributed by atoms with E-state index >= 15 is 0 Å². The van der Waals surface area contributed by atoms with Crippen molar-refractivity contribution in [2.45, 2.75) is 6.42 Å². The fraction of sp³-hybridized carbons (Fsp3) is 0.333. The van der Waals surface area contributed by atoms with Crippen LogP contribution in [0.2, 0.25) is 0 Å². The van der Waals surface area contributed by atoms with Gasteiger partial charge in [-0.05, 0) is 18.1 Å². The maximum Gasteiger partial charge on any atom is 0.246 e. The Bertz CT molecular complexity index is 530. The molecule has 0 radical (unpaired) electrons. The molecule has 0 fully saturated rings. The number of carbonyl (C=O) groups is 1. The van der Waals surface area contributed by atoms with Gasteiger partial charge in [0.05, 0.1) is 6.54 Å². The number of halogens is 1. The second-order valence-electron chi connectivity index (χ2n) is 4.52. The van der Waals surface area contributed by atoms with E-state index in [0.717, 1.165) is 18.7 Å². The molecule has 2 rings (SSSR count). The molecule has 0 aromatic heterocycles. The Morgan fingerprint density at radius 2 is 2.19 bits per heavy atom. The number of guanidine groups is 1. The van der Waals surface area contributed by atoms with Crippen LogP contribution < -0.4 is 15.5 Å². The number of nitrogens with zero attached hydrogens (tertiary/aromatic N) is 2. The van der Waals surface area contributed by atoms with Gasteiger partial charge < -0.3 is 15.5 Å². The lowest BCUT2D eigenvalue weighted by Crippen LogP contribution is -2.44. The Morgan fingerprint density at radius 3 is 2.90 bits per heavy atom. The van der Waals surface area contributed by atoms with Crippen LogP contribution in [0.15, 0.2) is 41.9 Å². The number of hydrogen-bond acceptors (Lipinski definition) is 2. The van der Waals surface area contributed by atoms with Crippen molar-refractivity contribution in [3.05, 3.63) is 42.5 Å². The van der Waals surface area contributed by atoms with E-state index in [-0.39, 0.29) is 36.4 Å². The third-order valence-electron chi connectivity index (χ3n) is 3.23. The van der Waals surface area contributed by atoms with E-state index in [4.69, 9.17) is 0 Å². The molecule has 114 valence electrons. The summed E-state index contributed by atoms with van der Waals surface area (Å²) in [7, 11) is 1.67. The predicted molar refractivity (Wildman–Crippen MR) is 97.5 cm³/mol. The van der Waals surface area contributed by atoms with Crippen molar-refractivity contribution < 1.29 is 4.79 Å². The minimum Gasteiger partial charge on any atom is -0.353 e. The molecule has 1 aliphatic rings. The average molecular weight is 400 g/mol. The SMILES string of the molecule is C=CCNC(=NC)NCC(=O)N1CCc2ccccc21.I. The van der Waals surface area contributed by atoms with Crippen LogP contribution in [0.3, 0.4) is 0 Å². The van der Waals surface area contributed by atoms with Gasteiger partial charge in [0.15, 0.2) is 5.96 Å². The van der Waals surface area contributed by atoms with Crippen molar-refractivity contribution in [1.29, 1.82) is 0 Å². The largest absolute Gasteiger partial charge is 0.353 e. The van der Waals surface area contributed by atoms with Crippen molar-refractivity contribution >= 4 is 41.5 Å². The maximum atomic E-state index is 12.3. The number of anilines is 1. The molecular weight excluding hydrogens is 379 g/mol. The van der Waals surface area contributed by atoms with Gasteiger partial charge in [0, 0.05) is 25.8 Å². The first-order valence-electron chi connectivity index (χ1n) is 6.70. The van der Waals surface area contributed by atoms with Crippen molar-refractivity contribution in [2.24, 2.45) is 4.99 Å². The number of para-hydroxylation sites is 1. The Hall–Kier alpha value is -1.57. The highest BCUT2D eigenvalue weighted by Gasteiger charge is 2.23. The molecule has 6 heteroatoms. The molecular formula is C15H21IN4O. The van der Waals surface area contributed by atoms with E-state index in [1.807, 2.05) is 23.1 Å². The summed E-state index contributed by atoms with van der Waals surface area (Å²) in [4.78, 5) is 18.1. The van der Waals surface area contributed by atoms with Gasteiger partial charge in [0.25, 0.3) is 0 Å². The van der Waals surface area contributed by atoms with Crippen molar-refractivity contribution in [3.63, 3.8) is 0 Å². The van der Waals surface area contributed by atoms with Crippen LogP contribution in [0.25, 0.3) is 0 Å². The van der Waals surface area contributed by atoms with Crippen LogP contribution >= 0.6 is 24.0 Å². The molecule has 0 bridgehead atoms. The van der Waals surface area contributed by atoms with Crippen molar-refractivity contribution in [2.75, 3.05) is 31.6 Å². The van der Waals surface area contributed by atoms with Gasteiger partial charge in [0.1, 0.15) is 0 Å². The molecule has 1 amide bonds. The van der Waals surface area contributed by atoms with E-state index in [9.17, 15) is 4.79 Å². The summed E-state index contributed by atoms with van der Waals surface area (Å²) < 4.78 is 0. The average Bonchev–Trinajstić information content (AvgIpc) is 2.91. The summed E-state index contributed by atoms with van der Waals surface area (Å²) >= 11 is 0. The zero-order valence-electron chi connectivity index (χ0n) is 12.1. The third-order valence-corrected chi connectivity index (χ3v) is 3.23. The molecule has 0 saturated carbocycles. The smallest absolute Gasteiger partial charge is 0.246 e. The Kier molecular flexibility index (Phi) is 7.21. The highest BCUT2D eigenvalue weighted by molar-refractivity contribution is 14.0. The van der Waals surface area contributed by atoms with E-state index in [1.165, 1.54) is 5.56 Å². The molecule has 2 N–H and O–H groups in total. The molecule has 1 heterocycles. The van der Waals surface area contributed by atoms with E-state index in [1.54, 1.807) is 13.1 Å². The van der Waals surface area contributed by atoms with Crippen LogP contribution in [0.1, 0.15) is 5.56 Å². The van der Waals surface area contributed by atoms with Crippen LogP contribution in [0, 0.1) is 0 Å². The lowest BCUT2D eigenvalue weighted by atomic mass is 10.2. The third kappa shape index (κ3) is 4.45. The zero-order chi connectivity index (χ0) is 14.4. The van der Waals surface area contributed by atoms with Gasteiger partial charge in [-0.2, -0.15) is 0 Å². The second-order valence-corrected chi connectivity index (χ2v) is 4.52. The van der Waals surface area contributed by atoms with Gasteiger partial charge in [-0.15, -0.1) is 30.6 Å². The zero-order valence-corrected chi connectivity index (χ0v) is 14.5. The van der Waals surface area contributed by atoms with Crippen LogP contribution in [-0.2, 0) is 11.2 Å². The summed E-state index contributed by atoms with van der Waals surface area (Å²) in [6, 6.07) is 8.03. The first-order valence-corrected chi connectivity index (χ1v) is 6.70. The monoisotopic (exact) mass is 400 g/mol. The van der Waals surface area contributed by atoms with Crippen molar-refractivity contribution in [1.82, 2.24) is 10.6 Å². The fourth-order valence-electron chi connectivity index (χ4n) is 2.24. The van der Waals surface area contributed by atoms with Gasteiger partial charge in [-0.25, -0.2) is 0 Å². The number of carbonyl (C=O) groups excluding carboxylic acids is 1. The standard InChI is InChI=1S/C15H20N4O.HI/c1-3-9-17-15(16-2)18-11-14(20)19-10-8-12-6-4-5-7-13(12)19;/h3-7H,1,8-11H2,2H3,(H2,16,17,18);1H. The van der Waals surface area contributed by atoms with E-state index in [2.05, 4.69) is 28.3 Å². The lowest BCUT2D eigenvalue weighted by Gasteiger charge is -2.18. The molecule has 1 aliphatic heterocycles. The van der Waals surface area contributed by atoms with E-state index in [0.29, 0.717) is 12.5 Å². The number of amides is 1. The Morgan fingerprint density at radius 1 is 1.43 bits per heavy atom. The van der Waals surface area contributed by atoms with Crippen LogP contribution in [-0.4, -0.2) is 38.5 Å². The summed E-state index contributed by atoms with van der Waals surface area (Å²) in [5, 5.41) is 6.05. The molecule has 1 aromatic carbocycles. The normalized spacial score (nSPS) is 13.2. The van der Waals surface area contributed by atoms with Gasteiger partial charge >= 0.3 is 0 Å². The molecule has 0 unspecified atom stereocenters. The summed E-state index contributed by atoms with van der Waals surface area (Å²) in [6.45, 7) is 5.22. The van der Waals surface area contributed by atoms with Gasteiger partial charge in [0.2, 0.25) is 5.91 Å². The van der Waals surface area contributed by atoms with Crippen molar-refractivity contribution in [3.8, 4) is 0 Å². The van der Waals surface area contributed by atoms with E-state index < -0.39 is 0 Å². The fourth-order valence-corrected chi connectivity index (χ4v) is 2.24. The van der Waals surface area contributed by atoms with Crippen LogP contribution in [0.4, 0.5) is 5.69 Å². The molecule has 0 atom stereocenters. The number of hydrogen-bond donors (Lipinski definition) is 2. The number of fused-ring (bicyclic) bond motifs is 1. The molecule has 0 aliphatic carbocycles. The minimum atomic E-state index is 0. The Labute approximate surface area is 142 Å². The summed E-state index contributed by atoms with van der Waals surface area (Å²) in [5.74, 6) is 0.655. The predicted octanol–water partition coefficient (Wildman–Crippen LogP) is 1.54. The highest BCUT2D eigenvalue weighted by Crippen LogP contribution is 2.27. The number of aliphatic imine (C=N–C) groups is 1. The van der Waals surface area contributed by atoms with Crippen LogP contribution in [0.5, 0.6) is 0 Å². The maximum absolute atomic E-state index is 12.3. The van der Waals surface area contributed by atoms with Gasteiger partial charge in [-0.3, -0.25) is 9.79 Å². The molecule has 5 nitrogen and oxygen atoms in total. The first-order chi connectivity index (χ1) is 9.76. The van der Waals surface area contributed by atoms with Gasteiger partial charge in [-0.1, -0.05) is 24.3 Å². The lowest BCUT2D eigenvalue weighted by molar-refractivity contribution is -0.117. The topological polar surface area (TPSA) is 56.7 Å². The summed E-state index contributed by atoms with van der Waals surface area (Å²) in [5.41, 5.74) is 2.25. The first kappa shape index (κ1) is 17.5. The summed E-state index contributed by atoms with van der Waals surface area (Å²) in [6.07, 6.45) is 2.66. The Balaban J connectivity index is 0.00000220.